The summed E-state index contributed by atoms with van der Waals surface area (Å²) in [6.45, 7) is 2.73. The Balaban J connectivity index is 1.41. The largest absolute Gasteiger partial charge is 0.330 e. The lowest BCUT2D eigenvalue weighted by Gasteiger charge is -2.35. The molecule has 1 aliphatic carbocycles. The van der Waals surface area contributed by atoms with Crippen LogP contribution in [0.3, 0.4) is 0 Å². The monoisotopic (exact) mass is 504 g/mol. The Hall–Kier alpha value is -3.06. The summed E-state index contributed by atoms with van der Waals surface area (Å²) in [6.07, 6.45) is 4.69. The van der Waals surface area contributed by atoms with E-state index in [9.17, 15) is 9.18 Å². The van der Waals surface area contributed by atoms with Crippen molar-refractivity contribution >= 4 is 27.5 Å². The Morgan fingerprint density at radius 2 is 1.94 bits per heavy atom. The third kappa shape index (κ3) is 3.55. The molecular weight excluding hydrogens is 483 g/mol. The molecular formula is C26H22BrFN4O. The number of aromatic nitrogens is 3. The number of hydrogen-bond donors (Lipinski definition) is 0. The zero-order valence-corrected chi connectivity index (χ0v) is 19.7. The third-order valence-corrected chi connectivity index (χ3v) is 7.25. The third-order valence-electron chi connectivity index (χ3n) is 6.75. The molecule has 0 unspecified atom stereocenters. The van der Waals surface area contributed by atoms with E-state index in [1.807, 2.05) is 23.1 Å². The molecule has 0 saturated heterocycles. The van der Waals surface area contributed by atoms with Gasteiger partial charge in [-0.2, -0.15) is 5.10 Å². The number of rotatable bonds is 3. The molecule has 6 rings (SSSR count). The fourth-order valence-corrected chi connectivity index (χ4v) is 5.16. The Morgan fingerprint density at radius 3 is 2.73 bits per heavy atom. The van der Waals surface area contributed by atoms with Gasteiger partial charge in [-0.05, 0) is 67.5 Å². The highest BCUT2D eigenvalue weighted by atomic mass is 79.9. The number of benzene rings is 2. The molecule has 0 bridgehead atoms. The molecule has 2 aromatic carbocycles. The minimum Gasteiger partial charge on any atom is -0.330 e. The minimum absolute atomic E-state index is 0.0143. The first-order valence-corrected chi connectivity index (χ1v) is 12.0. The van der Waals surface area contributed by atoms with Gasteiger partial charge in [-0.3, -0.25) is 4.79 Å². The average Bonchev–Trinajstić information content (AvgIpc) is 3.57. The Morgan fingerprint density at radius 1 is 1.12 bits per heavy atom. The zero-order chi connectivity index (χ0) is 22.7. The number of hydrogen-bond acceptors (Lipinski definition) is 3. The van der Waals surface area contributed by atoms with Gasteiger partial charge in [0.25, 0.3) is 5.91 Å². The van der Waals surface area contributed by atoms with Crippen LogP contribution in [0.1, 0.15) is 58.9 Å². The van der Waals surface area contributed by atoms with Gasteiger partial charge in [0, 0.05) is 22.1 Å². The van der Waals surface area contributed by atoms with E-state index in [0.29, 0.717) is 39.5 Å². The summed E-state index contributed by atoms with van der Waals surface area (Å²) >= 11 is 3.30. The number of nitrogens with zero attached hydrogens (tertiary/aromatic N) is 4. The van der Waals surface area contributed by atoms with Crippen LogP contribution in [0.15, 0.2) is 59.2 Å². The molecule has 33 heavy (non-hydrogen) atoms. The van der Waals surface area contributed by atoms with Crippen molar-refractivity contribution in [3.05, 3.63) is 87.4 Å². The number of imidazole rings is 1. The molecule has 2 aromatic heterocycles. The number of carbonyl (C=O) groups excluding carboxylic acids is 1. The van der Waals surface area contributed by atoms with Gasteiger partial charge in [0.2, 0.25) is 0 Å². The first-order valence-electron chi connectivity index (χ1n) is 11.2. The summed E-state index contributed by atoms with van der Waals surface area (Å²) in [4.78, 5) is 20.2. The highest BCUT2D eigenvalue weighted by Gasteiger charge is 2.32. The summed E-state index contributed by atoms with van der Waals surface area (Å²) in [5.41, 5.74) is 5.54. The lowest BCUT2D eigenvalue weighted by molar-refractivity contribution is 0.0670. The van der Waals surface area contributed by atoms with E-state index in [1.165, 1.54) is 17.2 Å². The first-order chi connectivity index (χ1) is 16.0. The summed E-state index contributed by atoms with van der Waals surface area (Å²) in [6, 6.07) is 15.1. The second-order valence-electron chi connectivity index (χ2n) is 8.90. The summed E-state index contributed by atoms with van der Waals surface area (Å²) in [7, 11) is 0. The predicted molar refractivity (Wildman–Crippen MR) is 128 cm³/mol. The van der Waals surface area contributed by atoms with Gasteiger partial charge >= 0.3 is 0 Å². The van der Waals surface area contributed by atoms with Gasteiger partial charge in [0.05, 0.1) is 17.9 Å². The maximum Gasteiger partial charge on any atom is 0.274 e. The molecule has 1 saturated carbocycles. The molecule has 1 aliphatic heterocycles. The van der Waals surface area contributed by atoms with Crippen LogP contribution in [-0.4, -0.2) is 31.9 Å². The molecule has 0 radical (unpaired) electrons. The molecule has 0 N–H and O–H groups in total. The zero-order valence-electron chi connectivity index (χ0n) is 18.1. The van der Waals surface area contributed by atoms with Crippen molar-refractivity contribution in [1.29, 1.82) is 0 Å². The van der Waals surface area contributed by atoms with Gasteiger partial charge in [-0.1, -0.05) is 40.2 Å². The van der Waals surface area contributed by atoms with E-state index in [1.54, 1.807) is 22.8 Å². The summed E-state index contributed by atoms with van der Waals surface area (Å²) < 4.78 is 16.9. The van der Waals surface area contributed by atoms with Crippen LogP contribution in [-0.2, 0) is 6.42 Å². The standard InChI is InChI=1S/C26H22BrFN4O/c1-15-19-5-3-2-4-16(19)10-11-31(15)26(33)23-13-21(17-6-7-17)25-29-24(14-32(25)30-23)20-9-8-18(27)12-22(20)28/h2-5,8-9,12-15,17H,6-7,10-11H2,1H3/t15-/m1/s1. The van der Waals surface area contributed by atoms with Crippen LogP contribution in [0.25, 0.3) is 16.9 Å². The maximum atomic E-state index is 14.6. The van der Waals surface area contributed by atoms with Gasteiger partial charge in [-0.25, -0.2) is 13.9 Å². The topological polar surface area (TPSA) is 50.5 Å². The molecule has 1 amide bonds. The SMILES string of the molecule is C[C@@H]1c2ccccc2CCN1C(=O)c1cc(C2CC2)c2nc(-c3ccc(Br)cc3F)cn2n1. The molecule has 166 valence electrons. The Bertz CT molecular complexity index is 1410. The van der Waals surface area contributed by atoms with E-state index in [2.05, 4.69) is 40.1 Å². The van der Waals surface area contributed by atoms with Crippen LogP contribution < -0.4 is 0 Å². The first kappa shape index (κ1) is 20.5. The van der Waals surface area contributed by atoms with Crippen molar-refractivity contribution in [2.24, 2.45) is 0 Å². The fourth-order valence-electron chi connectivity index (χ4n) is 4.82. The molecule has 3 heterocycles. The van der Waals surface area contributed by atoms with E-state index >= 15 is 0 Å². The Kier molecular flexibility index (Phi) is 4.83. The Labute approximate surface area is 199 Å². The molecule has 2 aliphatic rings. The van der Waals surface area contributed by atoms with Crippen LogP contribution in [0.5, 0.6) is 0 Å². The highest BCUT2D eigenvalue weighted by Crippen LogP contribution is 2.42. The van der Waals surface area contributed by atoms with Crippen molar-refractivity contribution in [3.63, 3.8) is 0 Å². The maximum absolute atomic E-state index is 14.6. The number of halogens is 2. The molecule has 7 heteroatoms. The molecule has 1 atom stereocenters. The average molecular weight is 505 g/mol. The van der Waals surface area contributed by atoms with E-state index in [4.69, 9.17) is 4.98 Å². The molecule has 1 fully saturated rings. The van der Waals surface area contributed by atoms with Crippen molar-refractivity contribution in [3.8, 4) is 11.3 Å². The van der Waals surface area contributed by atoms with Gasteiger partial charge in [0.15, 0.2) is 5.65 Å². The minimum atomic E-state index is -0.349. The van der Waals surface area contributed by atoms with Crippen LogP contribution in [0.4, 0.5) is 4.39 Å². The van der Waals surface area contributed by atoms with E-state index in [0.717, 1.165) is 24.8 Å². The predicted octanol–water partition coefficient (Wildman–Crippen LogP) is 5.93. The molecule has 4 aromatic rings. The van der Waals surface area contributed by atoms with Crippen LogP contribution in [0, 0.1) is 5.82 Å². The van der Waals surface area contributed by atoms with Gasteiger partial charge in [-0.15, -0.1) is 0 Å². The van der Waals surface area contributed by atoms with Crippen molar-refractivity contribution in [2.75, 3.05) is 6.54 Å². The van der Waals surface area contributed by atoms with Crippen molar-refractivity contribution < 1.29 is 9.18 Å². The van der Waals surface area contributed by atoms with Gasteiger partial charge < -0.3 is 4.90 Å². The molecule has 5 nitrogen and oxygen atoms in total. The number of fused-ring (bicyclic) bond motifs is 2. The number of amides is 1. The quantitative estimate of drug-likeness (QED) is 0.347. The second-order valence-corrected chi connectivity index (χ2v) is 9.82. The fraction of sp³-hybridized carbons (Fsp3) is 0.269. The summed E-state index contributed by atoms with van der Waals surface area (Å²) in [5.74, 6) is -0.0599. The normalized spacial score (nSPS) is 17.9. The smallest absolute Gasteiger partial charge is 0.274 e. The highest BCUT2D eigenvalue weighted by molar-refractivity contribution is 9.10. The second kappa shape index (κ2) is 7.76. The lowest BCUT2D eigenvalue weighted by atomic mass is 9.93. The van der Waals surface area contributed by atoms with Crippen molar-refractivity contribution in [2.45, 2.75) is 38.1 Å². The number of carbonyl (C=O) groups is 1. The van der Waals surface area contributed by atoms with E-state index in [-0.39, 0.29) is 17.8 Å². The van der Waals surface area contributed by atoms with Crippen LogP contribution >= 0.6 is 15.9 Å². The van der Waals surface area contributed by atoms with Gasteiger partial charge in [0.1, 0.15) is 11.5 Å². The van der Waals surface area contributed by atoms with E-state index < -0.39 is 0 Å². The lowest BCUT2D eigenvalue weighted by Crippen LogP contribution is -2.39. The summed E-state index contributed by atoms with van der Waals surface area (Å²) in [5, 5.41) is 4.64. The molecule has 0 spiro atoms. The van der Waals surface area contributed by atoms with Crippen molar-refractivity contribution in [1.82, 2.24) is 19.5 Å². The van der Waals surface area contributed by atoms with Crippen LogP contribution in [0.2, 0.25) is 0 Å².